The molecule has 156 valence electrons. The number of halogens is 1. The summed E-state index contributed by atoms with van der Waals surface area (Å²) in [4.78, 5) is 16.7. The van der Waals surface area contributed by atoms with Gasteiger partial charge in [0.2, 0.25) is 0 Å². The number of hydrogen-bond acceptors (Lipinski definition) is 6. The van der Waals surface area contributed by atoms with Crippen molar-refractivity contribution in [1.29, 1.82) is 0 Å². The first-order chi connectivity index (χ1) is 13.8. The molecule has 1 atom stereocenters. The Kier molecular flexibility index (Phi) is 6.49. The van der Waals surface area contributed by atoms with E-state index in [9.17, 15) is 17.6 Å². The molecule has 1 saturated heterocycles. The number of methoxy groups -OCH3 is 1. The molecule has 1 aromatic heterocycles. The summed E-state index contributed by atoms with van der Waals surface area (Å²) >= 11 is 0. The molecule has 0 unspecified atom stereocenters. The summed E-state index contributed by atoms with van der Waals surface area (Å²) in [5.41, 5.74) is 0.193. The molecule has 1 N–H and O–H groups in total. The number of sulfone groups is 1. The lowest BCUT2D eigenvalue weighted by Crippen LogP contribution is -2.25. The maximum absolute atomic E-state index is 13.4. The second-order valence-corrected chi connectivity index (χ2v) is 8.98. The third kappa shape index (κ3) is 5.10. The van der Waals surface area contributed by atoms with Gasteiger partial charge in [-0.3, -0.25) is 4.79 Å². The second-order valence-electron chi connectivity index (χ2n) is 6.94. The number of aryl methyl sites for hydroxylation is 1. The number of benzene rings is 1. The summed E-state index contributed by atoms with van der Waals surface area (Å²) in [5, 5.41) is 2.55. The Balaban J connectivity index is 1.85. The third-order valence-electron chi connectivity index (χ3n) is 4.75. The fraction of sp³-hybridized carbons (Fsp3) is 0.400. The van der Waals surface area contributed by atoms with Crippen LogP contribution in [0.1, 0.15) is 28.9 Å². The molecule has 1 aliphatic heterocycles. The van der Waals surface area contributed by atoms with Gasteiger partial charge in [0, 0.05) is 6.61 Å². The van der Waals surface area contributed by atoms with E-state index < -0.39 is 21.6 Å². The average Bonchev–Trinajstić information content (AvgIpc) is 2.70. The Hall–Kier alpha value is -2.52. The van der Waals surface area contributed by atoms with Gasteiger partial charge in [0.05, 0.1) is 35.6 Å². The van der Waals surface area contributed by atoms with Crippen molar-refractivity contribution in [2.75, 3.05) is 31.4 Å². The molecule has 0 bridgehead atoms. The van der Waals surface area contributed by atoms with Crippen LogP contribution < -0.4 is 10.1 Å². The van der Waals surface area contributed by atoms with E-state index >= 15 is 0 Å². The van der Waals surface area contributed by atoms with Crippen molar-refractivity contribution < 1.29 is 27.1 Å². The van der Waals surface area contributed by atoms with E-state index in [0.717, 1.165) is 12.8 Å². The first kappa shape index (κ1) is 21.2. The molecule has 2 heterocycles. The lowest BCUT2D eigenvalue weighted by Gasteiger charge is -2.22. The normalized spacial score (nSPS) is 17.0. The summed E-state index contributed by atoms with van der Waals surface area (Å²) in [5.74, 6) is -0.817. The van der Waals surface area contributed by atoms with Gasteiger partial charge in [0.15, 0.2) is 9.84 Å². The zero-order chi connectivity index (χ0) is 21.0. The lowest BCUT2D eigenvalue weighted by atomic mass is 10.1. The van der Waals surface area contributed by atoms with Crippen LogP contribution in [-0.4, -0.2) is 45.4 Å². The van der Waals surface area contributed by atoms with Crippen molar-refractivity contribution in [1.82, 2.24) is 4.98 Å². The standard InChI is InChI=1S/C20H23FN2O5S/c1-13-17(21)6-8-19(22-13)23-20(24)16-10-15(5-7-18(16)27-2)29(25,26)12-14-4-3-9-28-11-14/h5-8,10,14H,3-4,9,11-12H2,1-2H3,(H,22,23,24)/t14-/m0/s1. The van der Waals surface area contributed by atoms with Gasteiger partial charge in [-0.1, -0.05) is 0 Å². The van der Waals surface area contributed by atoms with Crippen LogP contribution in [0.3, 0.4) is 0 Å². The smallest absolute Gasteiger partial charge is 0.260 e. The molecule has 2 aromatic rings. The van der Waals surface area contributed by atoms with Gasteiger partial charge >= 0.3 is 0 Å². The summed E-state index contributed by atoms with van der Waals surface area (Å²) in [6.07, 6.45) is 1.62. The first-order valence-electron chi connectivity index (χ1n) is 9.23. The minimum absolute atomic E-state index is 0.0391. The van der Waals surface area contributed by atoms with Gasteiger partial charge < -0.3 is 14.8 Å². The van der Waals surface area contributed by atoms with Crippen molar-refractivity contribution in [2.45, 2.75) is 24.7 Å². The molecule has 1 aromatic carbocycles. The molecule has 1 aliphatic rings. The number of pyridine rings is 1. The van der Waals surface area contributed by atoms with E-state index in [1.54, 1.807) is 0 Å². The SMILES string of the molecule is COc1ccc(S(=O)(=O)C[C@H]2CCCOC2)cc1C(=O)Nc1ccc(F)c(C)n1. The number of carbonyl (C=O) groups is 1. The van der Waals surface area contributed by atoms with Crippen molar-refractivity contribution in [3.05, 3.63) is 47.4 Å². The van der Waals surface area contributed by atoms with E-state index in [-0.39, 0.29) is 39.4 Å². The fourth-order valence-electron chi connectivity index (χ4n) is 3.20. The Morgan fingerprint density at radius 2 is 2.14 bits per heavy atom. The summed E-state index contributed by atoms with van der Waals surface area (Å²) < 4.78 is 49.6. The van der Waals surface area contributed by atoms with Gasteiger partial charge in [0.1, 0.15) is 17.4 Å². The molecule has 0 aliphatic carbocycles. The summed E-state index contributed by atoms with van der Waals surface area (Å²) in [6.45, 7) is 2.55. The maximum Gasteiger partial charge on any atom is 0.260 e. The average molecular weight is 422 g/mol. The van der Waals surface area contributed by atoms with E-state index in [1.165, 1.54) is 44.4 Å². The Morgan fingerprint density at radius 3 is 2.79 bits per heavy atom. The molecule has 3 rings (SSSR count). The van der Waals surface area contributed by atoms with E-state index in [1.807, 2.05) is 0 Å². The Labute approximate surface area is 169 Å². The van der Waals surface area contributed by atoms with Crippen LogP contribution in [0.15, 0.2) is 35.2 Å². The lowest BCUT2D eigenvalue weighted by molar-refractivity contribution is 0.0626. The fourth-order valence-corrected chi connectivity index (χ4v) is 4.85. The molecular formula is C20H23FN2O5S. The highest BCUT2D eigenvalue weighted by Gasteiger charge is 2.25. The van der Waals surface area contributed by atoms with E-state index in [2.05, 4.69) is 10.3 Å². The highest BCUT2D eigenvalue weighted by molar-refractivity contribution is 7.91. The Bertz CT molecular complexity index is 1000. The van der Waals surface area contributed by atoms with Gasteiger partial charge in [-0.25, -0.2) is 17.8 Å². The number of nitrogens with zero attached hydrogens (tertiary/aromatic N) is 1. The zero-order valence-electron chi connectivity index (χ0n) is 16.3. The van der Waals surface area contributed by atoms with Crippen LogP contribution >= 0.6 is 0 Å². The second kappa shape index (κ2) is 8.87. The maximum atomic E-state index is 13.4. The Morgan fingerprint density at radius 1 is 1.34 bits per heavy atom. The summed E-state index contributed by atoms with van der Waals surface area (Å²) in [7, 11) is -2.22. The molecule has 0 spiro atoms. The molecule has 29 heavy (non-hydrogen) atoms. The van der Waals surface area contributed by atoms with Gasteiger partial charge in [0.25, 0.3) is 5.91 Å². The van der Waals surface area contributed by atoms with E-state index in [4.69, 9.17) is 9.47 Å². The number of amides is 1. The van der Waals surface area contributed by atoms with E-state index in [0.29, 0.717) is 13.2 Å². The molecule has 1 amide bonds. The van der Waals surface area contributed by atoms with Crippen LogP contribution in [0.25, 0.3) is 0 Å². The van der Waals surface area contributed by atoms with Crippen LogP contribution in [0, 0.1) is 18.7 Å². The number of carbonyl (C=O) groups excluding carboxylic acids is 1. The molecule has 9 heteroatoms. The van der Waals surface area contributed by atoms with Crippen LogP contribution in [0.5, 0.6) is 5.75 Å². The highest BCUT2D eigenvalue weighted by Crippen LogP contribution is 2.26. The number of nitrogens with one attached hydrogen (secondary N) is 1. The minimum atomic E-state index is -3.61. The van der Waals surface area contributed by atoms with Crippen LogP contribution in [0.4, 0.5) is 10.2 Å². The van der Waals surface area contributed by atoms with Crippen molar-refractivity contribution in [3.8, 4) is 5.75 Å². The number of ether oxygens (including phenoxy) is 2. The molecular weight excluding hydrogens is 399 g/mol. The van der Waals surface area contributed by atoms with Crippen LogP contribution in [0.2, 0.25) is 0 Å². The number of rotatable bonds is 6. The predicted octanol–water partition coefficient (Wildman–Crippen LogP) is 2.99. The van der Waals surface area contributed by atoms with Gasteiger partial charge in [-0.05, 0) is 56.0 Å². The number of anilines is 1. The third-order valence-corrected chi connectivity index (χ3v) is 6.63. The predicted molar refractivity (Wildman–Crippen MR) is 105 cm³/mol. The highest BCUT2D eigenvalue weighted by atomic mass is 32.2. The zero-order valence-corrected chi connectivity index (χ0v) is 17.1. The van der Waals surface area contributed by atoms with Gasteiger partial charge in [-0.2, -0.15) is 0 Å². The minimum Gasteiger partial charge on any atom is -0.496 e. The quantitative estimate of drug-likeness (QED) is 0.769. The van der Waals surface area contributed by atoms with Gasteiger partial charge in [-0.15, -0.1) is 0 Å². The van der Waals surface area contributed by atoms with Crippen LogP contribution in [-0.2, 0) is 14.6 Å². The molecule has 0 saturated carbocycles. The molecule has 1 fully saturated rings. The molecule has 7 nitrogen and oxygen atoms in total. The monoisotopic (exact) mass is 422 g/mol. The van der Waals surface area contributed by atoms with Crippen molar-refractivity contribution in [3.63, 3.8) is 0 Å². The topological polar surface area (TPSA) is 94.6 Å². The number of hydrogen-bond donors (Lipinski definition) is 1. The van der Waals surface area contributed by atoms with Crippen molar-refractivity contribution >= 4 is 21.6 Å². The summed E-state index contributed by atoms with van der Waals surface area (Å²) in [6, 6.07) is 6.69. The first-order valence-corrected chi connectivity index (χ1v) is 10.9. The number of aromatic nitrogens is 1. The molecule has 0 radical (unpaired) electrons. The van der Waals surface area contributed by atoms with Crippen molar-refractivity contribution in [2.24, 2.45) is 5.92 Å². The largest absolute Gasteiger partial charge is 0.496 e.